The molecule has 1 aromatic carbocycles. The summed E-state index contributed by atoms with van der Waals surface area (Å²) in [5, 5.41) is 19.6. The molecule has 0 bridgehead atoms. The minimum absolute atomic E-state index is 0.0999. The molecule has 150 valence electrons. The van der Waals surface area contributed by atoms with Crippen molar-refractivity contribution in [3.63, 3.8) is 0 Å². The molecule has 0 saturated carbocycles. The van der Waals surface area contributed by atoms with E-state index in [1.165, 1.54) is 0 Å². The third-order valence-electron chi connectivity index (χ3n) is 4.70. The van der Waals surface area contributed by atoms with Crippen LogP contribution in [0.1, 0.15) is 68.4 Å². The second kappa shape index (κ2) is 8.46. The Hall–Kier alpha value is -2.82. The molecule has 1 aliphatic rings. The van der Waals surface area contributed by atoms with Crippen LogP contribution in [0.25, 0.3) is 6.08 Å². The number of fused-ring (bicyclic) bond motifs is 1. The van der Waals surface area contributed by atoms with Gasteiger partial charge >= 0.3 is 5.97 Å². The number of carbonyl (C=O) groups excluding carboxylic acids is 1. The Morgan fingerprint density at radius 2 is 1.93 bits per heavy atom. The number of ether oxygens (including phenoxy) is 1. The highest BCUT2D eigenvalue weighted by molar-refractivity contribution is 5.95. The Morgan fingerprint density at radius 1 is 1.25 bits per heavy atom. The van der Waals surface area contributed by atoms with E-state index in [4.69, 9.17) is 4.74 Å². The summed E-state index contributed by atoms with van der Waals surface area (Å²) in [6.45, 7) is 9.34. The van der Waals surface area contributed by atoms with Crippen molar-refractivity contribution in [2.45, 2.75) is 59.5 Å². The number of ketones is 1. The second-order valence-corrected chi connectivity index (χ2v) is 7.84. The number of carboxylic acids is 1. The maximum absolute atomic E-state index is 11.8. The number of aromatic carboxylic acids is 1. The molecule has 2 N–H and O–H groups in total. The highest BCUT2D eigenvalue weighted by Gasteiger charge is 2.30. The summed E-state index contributed by atoms with van der Waals surface area (Å²) in [6, 6.07) is 1.65. The molecule has 5 heteroatoms. The average molecular weight is 384 g/mol. The number of aryl methyl sites for hydroxylation is 1. The van der Waals surface area contributed by atoms with E-state index < -0.39 is 11.6 Å². The molecule has 0 radical (unpaired) electrons. The molecule has 0 spiro atoms. The fraction of sp³-hybridized carbons (Fsp3) is 0.391. The van der Waals surface area contributed by atoms with Gasteiger partial charge in [-0.25, -0.2) is 4.79 Å². The topological polar surface area (TPSA) is 83.8 Å². The Labute approximate surface area is 166 Å². The Morgan fingerprint density at radius 3 is 2.54 bits per heavy atom. The molecule has 2 rings (SSSR count). The summed E-state index contributed by atoms with van der Waals surface area (Å²) in [5.41, 5.74) is 2.18. The lowest BCUT2D eigenvalue weighted by Crippen LogP contribution is -2.31. The number of rotatable bonds is 7. The van der Waals surface area contributed by atoms with E-state index in [0.29, 0.717) is 29.7 Å². The van der Waals surface area contributed by atoms with Gasteiger partial charge in [0, 0.05) is 6.42 Å². The molecular weight excluding hydrogens is 356 g/mol. The summed E-state index contributed by atoms with van der Waals surface area (Å²) in [7, 11) is 0. The first kappa shape index (κ1) is 21.5. The van der Waals surface area contributed by atoms with E-state index in [1.807, 2.05) is 39.8 Å². The Bertz CT molecular complexity index is 885. The van der Waals surface area contributed by atoms with Gasteiger partial charge in [0.1, 0.15) is 22.7 Å². The summed E-state index contributed by atoms with van der Waals surface area (Å²) >= 11 is 0. The predicted octanol–water partition coefficient (Wildman–Crippen LogP) is 5.22. The van der Waals surface area contributed by atoms with Crippen LogP contribution in [0.4, 0.5) is 0 Å². The molecule has 1 aromatic rings. The molecule has 28 heavy (non-hydrogen) atoms. The molecular formula is C23H28O5. The smallest absolute Gasteiger partial charge is 0.339 e. The SMILES string of the molecule is CC(C)=CC(=O)CC(C)=CCC[C@@]1(C)C=Cc2c(cc(C)c(C(=O)O)c2O)O1. The van der Waals surface area contributed by atoms with Crippen molar-refractivity contribution >= 4 is 17.8 Å². The average Bonchev–Trinajstić information content (AvgIpc) is 2.52. The normalized spacial score (nSPS) is 18.2. The van der Waals surface area contributed by atoms with Crippen LogP contribution in [0, 0.1) is 6.92 Å². The number of benzene rings is 1. The van der Waals surface area contributed by atoms with Crippen molar-refractivity contribution in [1.29, 1.82) is 0 Å². The standard InChI is InChI=1S/C23H28O5/c1-14(2)11-17(24)12-15(3)7-6-9-23(5)10-8-18-19(28-23)13-16(4)20(21(18)25)22(26)27/h7-8,10-11,13,25H,6,9,12H2,1-5H3,(H,26,27)/t23-/m0/s1. The van der Waals surface area contributed by atoms with Gasteiger partial charge in [-0.05, 0) is 77.3 Å². The molecule has 0 aromatic heterocycles. The van der Waals surface area contributed by atoms with Gasteiger partial charge in [-0.2, -0.15) is 0 Å². The lowest BCUT2D eigenvalue weighted by Gasteiger charge is -2.32. The lowest BCUT2D eigenvalue weighted by molar-refractivity contribution is -0.114. The molecule has 0 saturated heterocycles. The van der Waals surface area contributed by atoms with E-state index >= 15 is 0 Å². The first-order valence-electron chi connectivity index (χ1n) is 9.34. The number of phenols is 1. The third kappa shape index (κ3) is 5.12. The molecule has 0 unspecified atom stereocenters. The molecule has 0 fully saturated rings. The van der Waals surface area contributed by atoms with Gasteiger partial charge in [0.05, 0.1) is 5.56 Å². The van der Waals surface area contributed by atoms with Crippen LogP contribution in [0.15, 0.2) is 35.4 Å². The highest BCUT2D eigenvalue weighted by Crippen LogP contribution is 2.41. The molecule has 1 aliphatic heterocycles. The van der Waals surface area contributed by atoms with Crippen molar-refractivity contribution in [3.8, 4) is 11.5 Å². The quantitative estimate of drug-likeness (QED) is 0.498. The fourth-order valence-electron chi connectivity index (χ4n) is 3.30. The van der Waals surface area contributed by atoms with Gasteiger partial charge in [-0.15, -0.1) is 0 Å². The van der Waals surface area contributed by atoms with Crippen molar-refractivity contribution in [1.82, 2.24) is 0 Å². The van der Waals surface area contributed by atoms with Gasteiger partial charge in [0.15, 0.2) is 5.78 Å². The maximum atomic E-state index is 11.8. The van der Waals surface area contributed by atoms with Crippen molar-refractivity contribution in [2.24, 2.45) is 0 Å². The number of aromatic hydroxyl groups is 1. The van der Waals surface area contributed by atoms with Gasteiger partial charge in [-0.1, -0.05) is 17.2 Å². The largest absolute Gasteiger partial charge is 0.506 e. The second-order valence-electron chi connectivity index (χ2n) is 7.84. The van der Waals surface area contributed by atoms with Crippen LogP contribution in [-0.2, 0) is 4.79 Å². The van der Waals surface area contributed by atoms with Gasteiger partial charge in [0.2, 0.25) is 0 Å². The predicted molar refractivity (Wildman–Crippen MR) is 110 cm³/mol. The molecule has 1 atom stereocenters. The monoisotopic (exact) mass is 384 g/mol. The van der Waals surface area contributed by atoms with Crippen LogP contribution < -0.4 is 4.74 Å². The first-order chi connectivity index (χ1) is 13.0. The lowest BCUT2D eigenvalue weighted by atomic mass is 9.92. The first-order valence-corrected chi connectivity index (χ1v) is 9.34. The number of allylic oxidation sites excluding steroid dienone is 4. The molecule has 5 nitrogen and oxygen atoms in total. The van der Waals surface area contributed by atoms with E-state index in [1.54, 1.807) is 25.1 Å². The number of hydrogen-bond acceptors (Lipinski definition) is 4. The minimum Gasteiger partial charge on any atom is -0.506 e. The summed E-state index contributed by atoms with van der Waals surface area (Å²) in [6.07, 6.45) is 9.10. The van der Waals surface area contributed by atoms with E-state index in [9.17, 15) is 19.8 Å². The van der Waals surface area contributed by atoms with Gasteiger partial charge in [-0.3, -0.25) is 4.79 Å². The zero-order valence-electron chi connectivity index (χ0n) is 17.1. The van der Waals surface area contributed by atoms with Crippen LogP contribution in [0.3, 0.4) is 0 Å². The van der Waals surface area contributed by atoms with Gasteiger partial charge in [0.25, 0.3) is 0 Å². The highest BCUT2D eigenvalue weighted by atomic mass is 16.5. The zero-order valence-corrected chi connectivity index (χ0v) is 17.1. The molecule has 0 aliphatic carbocycles. The Kier molecular flexibility index (Phi) is 6.49. The maximum Gasteiger partial charge on any atom is 0.339 e. The number of hydrogen-bond donors (Lipinski definition) is 2. The number of carboxylic acid groups (broad SMARTS) is 1. The van der Waals surface area contributed by atoms with E-state index in [0.717, 1.165) is 17.6 Å². The van der Waals surface area contributed by atoms with E-state index in [2.05, 4.69) is 0 Å². The van der Waals surface area contributed by atoms with Crippen LogP contribution in [0.2, 0.25) is 0 Å². The van der Waals surface area contributed by atoms with Crippen molar-refractivity contribution in [2.75, 3.05) is 0 Å². The molecule has 1 heterocycles. The van der Waals surface area contributed by atoms with Crippen molar-refractivity contribution in [3.05, 3.63) is 52.1 Å². The molecule has 0 amide bonds. The fourth-order valence-corrected chi connectivity index (χ4v) is 3.30. The number of carbonyl (C=O) groups is 2. The summed E-state index contributed by atoms with van der Waals surface area (Å²) in [5.74, 6) is -0.857. The summed E-state index contributed by atoms with van der Waals surface area (Å²) < 4.78 is 6.09. The van der Waals surface area contributed by atoms with Crippen LogP contribution in [-0.4, -0.2) is 27.6 Å². The summed E-state index contributed by atoms with van der Waals surface area (Å²) in [4.78, 5) is 23.2. The van der Waals surface area contributed by atoms with Gasteiger partial charge < -0.3 is 14.9 Å². The van der Waals surface area contributed by atoms with E-state index in [-0.39, 0.29) is 17.1 Å². The third-order valence-corrected chi connectivity index (χ3v) is 4.70. The minimum atomic E-state index is -1.16. The van der Waals surface area contributed by atoms with Crippen LogP contribution in [0.5, 0.6) is 11.5 Å². The van der Waals surface area contributed by atoms with Crippen LogP contribution >= 0.6 is 0 Å². The Balaban J connectivity index is 2.09. The zero-order chi connectivity index (χ0) is 21.1. The van der Waals surface area contributed by atoms with Crippen molar-refractivity contribution < 1.29 is 24.5 Å².